The van der Waals surface area contributed by atoms with Crippen molar-refractivity contribution in [3.63, 3.8) is 0 Å². The summed E-state index contributed by atoms with van der Waals surface area (Å²) in [4.78, 5) is 12.8. The summed E-state index contributed by atoms with van der Waals surface area (Å²) in [5, 5.41) is -0.582. The van der Waals surface area contributed by atoms with Gasteiger partial charge in [0.05, 0.1) is 0 Å². The molecule has 1 unspecified atom stereocenters. The maximum Gasteiger partial charge on any atom is 0.240 e. The molecule has 1 aromatic carbocycles. The molecule has 0 radical (unpaired) electrons. The van der Waals surface area contributed by atoms with E-state index in [-0.39, 0.29) is 18.3 Å². The second kappa shape index (κ2) is 5.12. The quantitative estimate of drug-likeness (QED) is 0.729. The summed E-state index contributed by atoms with van der Waals surface area (Å²) in [5.74, 6) is -0.515. The molecule has 0 aliphatic carbocycles. The van der Waals surface area contributed by atoms with Crippen LogP contribution >= 0.6 is 11.6 Å². The van der Waals surface area contributed by atoms with Crippen LogP contribution in [0.5, 0.6) is 0 Å². The first-order valence-electron chi connectivity index (χ1n) is 4.65. The molecule has 82 valence electrons. The number of alkyl halides is 1. The van der Waals surface area contributed by atoms with Gasteiger partial charge in [0.2, 0.25) is 5.91 Å². The first-order chi connectivity index (χ1) is 7.02. The molecule has 0 heterocycles. The number of carbonyl (C=O) groups excluding carboxylic acids is 1. The van der Waals surface area contributed by atoms with Gasteiger partial charge < -0.3 is 4.90 Å². The zero-order chi connectivity index (χ0) is 11.4. The summed E-state index contributed by atoms with van der Waals surface area (Å²) in [6, 6.07) is 6.38. The summed E-state index contributed by atoms with van der Waals surface area (Å²) in [6.45, 7) is 1.84. The highest BCUT2D eigenvalue weighted by atomic mass is 35.5. The molecule has 0 saturated heterocycles. The summed E-state index contributed by atoms with van der Waals surface area (Å²) in [5.41, 5.74) is 0.491. The number of rotatable bonds is 3. The van der Waals surface area contributed by atoms with Gasteiger partial charge in [-0.2, -0.15) is 0 Å². The Morgan fingerprint density at radius 3 is 2.67 bits per heavy atom. The largest absolute Gasteiger partial charge is 0.340 e. The number of amides is 1. The van der Waals surface area contributed by atoms with Crippen LogP contribution in [0.2, 0.25) is 0 Å². The van der Waals surface area contributed by atoms with Gasteiger partial charge in [0.25, 0.3) is 0 Å². The van der Waals surface area contributed by atoms with Gasteiger partial charge in [-0.1, -0.05) is 18.2 Å². The predicted octanol–water partition coefficient (Wildman–Crippen LogP) is 2.41. The lowest BCUT2D eigenvalue weighted by atomic mass is 10.2. The van der Waals surface area contributed by atoms with Crippen molar-refractivity contribution in [3.05, 3.63) is 35.6 Å². The van der Waals surface area contributed by atoms with Crippen LogP contribution < -0.4 is 0 Å². The zero-order valence-electron chi connectivity index (χ0n) is 8.71. The highest BCUT2D eigenvalue weighted by molar-refractivity contribution is 6.30. The summed E-state index contributed by atoms with van der Waals surface area (Å²) < 4.78 is 13.2. The summed E-state index contributed by atoms with van der Waals surface area (Å²) in [7, 11) is 1.60. The van der Waals surface area contributed by atoms with E-state index in [4.69, 9.17) is 11.6 Å². The number of benzene rings is 1. The van der Waals surface area contributed by atoms with Gasteiger partial charge in [0.1, 0.15) is 11.2 Å². The lowest BCUT2D eigenvalue weighted by Crippen LogP contribution is -2.31. The second-order valence-corrected chi connectivity index (χ2v) is 4.06. The molecule has 0 aliphatic heterocycles. The molecule has 15 heavy (non-hydrogen) atoms. The Kier molecular flexibility index (Phi) is 4.09. The smallest absolute Gasteiger partial charge is 0.240 e. The number of hydrogen-bond acceptors (Lipinski definition) is 1. The minimum Gasteiger partial charge on any atom is -0.340 e. The van der Waals surface area contributed by atoms with Gasteiger partial charge in [0, 0.05) is 19.2 Å². The van der Waals surface area contributed by atoms with Crippen LogP contribution in [0.3, 0.4) is 0 Å². The van der Waals surface area contributed by atoms with Crippen LogP contribution in [0.4, 0.5) is 4.39 Å². The Labute approximate surface area is 93.6 Å². The molecule has 1 aromatic rings. The Hall–Kier alpha value is -1.09. The fourth-order valence-corrected chi connectivity index (χ4v) is 1.43. The van der Waals surface area contributed by atoms with Crippen molar-refractivity contribution < 1.29 is 9.18 Å². The third kappa shape index (κ3) is 3.20. The fourth-order valence-electron chi connectivity index (χ4n) is 1.26. The molecule has 0 aliphatic rings. The molecular weight excluding hydrogens is 217 g/mol. The first-order valence-corrected chi connectivity index (χ1v) is 5.08. The van der Waals surface area contributed by atoms with Gasteiger partial charge in [-0.05, 0) is 13.0 Å². The van der Waals surface area contributed by atoms with E-state index in [1.54, 1.807) is 32.2 Å². The number of hydrogen-bond donors (Lipinski definition) is 0. The topological polar surface area (TPSA) is 20.3 Å². The van der Waals surface area contributed by atoms with E-state index in [0.29, 0.717) is 5.56 Å². The van der Waals surface area contributed by atoms with E-state index in [1.165, 1.54) is 11.0 Å². The third-order valence-electron chi connectivity index (χ3n) is 2.08. The SMILES string of the molecule is CC(Cl)C(=O)N(C)Cc1ccccc1F. The highest BCUT2D eigenvalue weighted by Gasteiger charge is 2.15. The molecule has 0 saturated carbocycles. The van der Waals surface area contributed by atoms with Gasteiger partial charge in [-0.25, -0.2) is 4.39 Å². The van der Waals surface area contributed by atoms with Crippen LogP contribution in [0.25, 0.3) is 0 Å². The first kappa shape index (κ1) is 12.0. The number of nitrogens with zero attached hydrogens (tertiary/aromatic N) is 1. The van der Waals surface area contributed by atoms with E-state index in [9.17, 15) is 9.18 Å². The Bertz CT molecular complexity index is 354. The van der Waals surface area contributed by atoms with E-state index < -0.39 is 5.38 Å². The Morgan fingerprint density at radius 1 is 1.53 bits per heavy atom. The molecule has 0 aromatic heterocycles. The Balaban J connectivity index is 2.71. The average Bonchev–Trinajstić information content (AvgIpc) is 2.20. The van der Waals surface area contributed by atoms with E-state index in [2.05, 4.69) is 0 Å². The van der Waals surface area contributed by atoms with E-state index in [0.717, 1.165) is 0 Å². The molecule has 4 heteroatoms. The molecule has 0 spiro atoms. The summed E-state index contributed by atoms with van der Waals surface area (Å²) in [6.07, 6.45) is 0. The van der Waals surface area contributed by atoms with Gasteiger partial charge >= 0.3 is 0 Å². The molecule has 0 N–H and O–H groups in total. The minimum absolute atomic E-state index is 0.208. The monoisotopic (exact) mass is 229 g/mol. The lowest BCUT2D eigenvalue weighted by molar-refractivity contribution is -0.129. The van der Waals surface area contributed by atoms with Crippen molar-refractivity contribution in [2.45, 2.75) is 18.8 Å². The molecule has 2 nitrogen and oxygen atoms in total. The second-order valence-electron chi connectivity index (χ2n) is 3.40. The van der Waals surface area contributed by atoms with Crippen molar-refractivity contribution >= 4 is 17.5 Å². The standard InChI is InChI=1S/C11H13ClFNO/c1-8(12)11(15)14(2)7-9-5-3-4-6-10(9)13/h3-6,8H,7H2,1-2H3. The van der Waals surface area contributed by atoms with Crippen LogP contribution in [0.1, 0.15) is 12.5 Å². The van der Waals surface area contributed by atoms with Crippen LogP contribution in [-0.2, 0) is 11.3 Å². The number of halogens is 2. The van der Waals surface area contributed by atoms with Crippen molar-refractivity contribution in [3.8, 4) is 0 Å². The molecular formula is C11H13ClFNO. The molecule has 1 amide bonds. The molecule has 0 bridgehead atoms. The molecule has 0 fully saturated rings. The maximum atomic E-state index is 13.2. The average molecular weight is 230 g/mol. The van der Waals surface area contributed by atoms with Crippen molar-refractivity contribution in [2.75, 3.05) is 7.05 Å². The third-order valence-corrected chi connectivity index (χ3v) is 2.27. The van der Waals surface area contributed by atoms with Gasteiger partial charge in [-0.3, -0.25) is 4.79 Å². The van der Waals surface area contributed by atoms with Gasteiger partial charge in [-0.15, -0.1) is 11.6 Å². The van der Waals surface area contributed by atoms with Gasteiger partial charge in [0.15, 0.2) is 0 Å². The lowest BCUT2D eigenvalue weighted by Gasteiger charge is -2.18. The van der Waals surface area contributed by atoms with Crippen molar-refractivity contribution in [1.82, 2.24) is 4.90 Å². The fraction of sp³-hybridized carbons (Fsp3) is 0.364. The van der Waals surface area contributed by atoms with Crippen molar-refractivity contribution in [2.24, 2.45) is 0 Å². The normalized spacial score (nSPS) is 12.3. The predicted molar refractivity (Wildman–Crippen MR) is 58.2 cm³/mol. The van der Waals surface area contributed by atoms with E-state index >= 15 is 0 Å². The van der Waals surface area contributed by atoms with Crippen LogP contribution in [0.15, 0.2) is 24.3 Å². The van der Waals surface area contributed by atoms with E-state index in [1.807, 2.05) is 0 Å². The summed E-state index contributed by atoms with van der Waals surface area (Å²) >= 11 is 5.64. The molecule has 1 atom stereocenters. The molecule has 1 rings (SSSR count). The Morgan fingerprint density at radius 2 is 2.13 bits per heavy atom. The maximum absolute atomic E-state index is 13.2. The van der Waals surface area contributed by atoms with Crippen LogP contribution in [0, 0.1) is 5.82 Å². The minimum atomic E-state index is -0.582. The zero-order valence-corrected chi connectivity index (χ0v) is 9.46. The number of carbonyl (C=O) groups is 1. The highest BCUT2D eigenvalue weighted by Crippen LogP contribution is 2.10. The van der Waals surface area contributed by atoms with Crippen molar-refractivity contribution in [1.29, 1.82) is 0 Å². The van der Waals surface area contributed by atoms with Crippen LogP contribution in [-0.4, -0.2) is 23.2 Å².